The van der Waals surface area contributed by atoms with E-state index in [1.165, 1.54) is 0 Å². The van der Waals surface area contributed by atoms with Gasteiger partial charge in [-0.15, -0.1) is 0 Å². The van der Waals surface area contributed by atoms with Crippen molar-refractivity contribution in [1.82, 2.24) is 10.6 Å². The molecule has 0 bridgehead atoms. The minimum atomic E-state index is 0.00734. The molecule has 2 N–H and O–H groups in total. The normalized spacial score (nSPS) is 12.3. The molecule has 1 aromatic carbocycles. The molecule has 1 amide bonds. The molecule has 1 rings (SSSR count). The van der Waals surface area contributed by atoms with Crippen LogP contribution in [0.1, 0.15) is 37.9 Å². The van der Waals surface area contributed by atoms with Crippen LogP contribution in [0.4, 0.5) is 0 Å². The van der Waals surface area contributed by atoms with Gasteiger partial charge in [0.15, 0.2) is 0 Å². The molecule has 4 heteroatoms. The first-order valence-electron chi connectivity index (χ1n) is 6.61. The zero-order valence-corrected chi connectivity index (χ0v) is 12.4. The Hall–Kier alpha value is -1.55. The van der Waals surface area contributed by atoms with Crippen LogP contribution in [0.5, 0.6) is 5.75 Å². The van der Waals surface area contributed by atoms with Crippen molar-refractivity contribution in [1.29, 1.82) is 0 Å². The molecule has 1 unspecified atom stereocenters. The second kappa shape index (κ2) is 7.14. The fourth-order valence-corrected chi connectivity index (χ4v) is 1.90. The first kappa shape index (κ1) is 15.5. The lowest BCUT2D eigenvalue weighted by molar-refractivity contribution is -0.120. The molecule has 4 nitrogen and oxygen atoms in total. The number of hydrogen-bond donors (Lipinski definition) is 2. The number of aryl methyl sites for hydroxylation is 1. The summed E-state index contributed by atoms with van der Waals surface area (Å²) in [5, 5.41) is 6.06. The third-order valence-electron chi connectivity index (χ3n) is 2.87. The maximum atomic E-state index is 11.6. The van der Waals surface area contributed by atoms with Crippen LogP contribution >= 0.6 is 0 Å². The summed E-state index contributed by atoms with van der Waals surface area (Å²) in [6, 6.07) is 6.31. The number of carbonyl (C=O) groups is 1. The van der Waals surface area contributed by atoms with E-state index in [9.17, 15) is 4.79 Å². The van der Waals surface area contributed by atoms with Gasteiger partial charge in [0.05, 0.1) is 13.7 Å². The van der Waals surface area contributed by atoms with Gasteiger partial charge >= 0.3 is 0 Å². The highest BCUT2D eigenvalue weighted by molar-refractivity contribution is 5.78. The highest BCUT2D eigenvalue weighted by atomic mass is 16.5. The molecule has 0 aliphatic rings. The van der Waals surface area contributed by atoms with Crippen molar-refractivity contribution in [3.05, 3.63) is 29.3 Å². The van der Waals surface area contributed by atoms with Crippen molar-refractivity contribution in [3.8, 4) is 5.75 Å². The quantitative estimate of drug-likeness (QED) is 0.828. The van der Waals surface area contributed by atoms with Gasteiger partial charge in [-0.3, -0.25) is 4.79 Å². The molecule has 106 valence electrons. The van der Waals surface area contributed by atoms with Crippen molar-refractivity contribution >= 4 is 5.91 Å². The lowest BCUT2D eigenvalue weighted by atomic mass is 10.0. The number of rotatable bonds is 6. The molecule has 0 spiro atoms. The van der Waals surface area contributed by atoms with Gasteiger partial charge < -0.3 is 15.4 Å². The van der Waals surface area contributed by atoms with Crippen molar-refractivity contribution in [3.63, 3.8) is 0 Å². The van der Waals surface area contributed by atoms with E-state index in [4.69, 9.17) is 4.74 Å². The summed E-state index contributed by atoms with van der Waals surface area (Å²) >= 11 is 0. The third-order valence-corrected chi connectivity index (χ3v) is 2.87. The second-order valence-electron chi connectivity index (χ2n) is 5.07. The van der Waals surface area contributed by atoms with Crippen LogP contribution in [-0.2, 0) is 4.79 Å². The number of amides is 1. The Labute approximate surface area is 115 Å². The van der Waals surface area contributed by atoms with Crippen LogP contribution in [0.3, 0.4) is 0 Å². The average Bonchev–Trinajstić information content (AvgIpc) is 2.34. The van der Waals surface area contributed by atoms with E-state index in [0.29, 0.717) is 6.54 Å². The molecule has 1 atom stereocenters. The van der Waals surface area contributed by atoms with Crippen molar-refractivity contribution < 1.29 is 9.53 Å². The van der Waals surface area contributed by atoms with Crippen LogP contribution in [0.2, 0.25) is 0 Å². The van der Waals surface area contributed by atoms with Crippen LogP contribution in [0, 0.1) is 6.92 Å². The number of benzene rings is 1. The molecule has 0 heterocycles. The molecule has 19 heavy (non-hydrogen) atoms. The number of carbonyl (C=O) groups excluding carboxylic acids is 1. The molecule has 0 fully saturated rings. The molecule has 0 aliphatic heterocycles. The predicted molar refractivity (Wildman–Crippen MR) is 77.4 cm³/mol. The smallest absolute Gasteiger partial charge is 0.234 e. The second-order valence-corrected chi connectivity index (χ2v) is 5.07. The van der Waals surface area contributed by atoms with Gasteiger partial charge in [-0.25, -0.2) is 0 Å². The molecule has 0 aromatic heterocycles. The van der Waals surface area contributed by atoms with E-state index in [2.05, 4.69) is 10.6 Å². The van der Waals surface area contributed by atoms with Gasteiger partial charge in [-0.05, 0) is 39.3 Å². The number of ether oxygens (including phenoxy) is 1. The summed E-state index contributed by atoms with van der Waals surface area (Å²) in [7, 11) is 1.66. The summed E-state index contributed by atoms with van der Waals surface area (Å²) < 4.78 is 5.38. The van der Waals surface area contributed by atoms with Gasteiger partial charge in [0.25, 0.3) is 0 Å². The number of nitrogens with one attached hydrogen (secondary N) is 2. The minimum absolute atomic E-state index is 0.00734. The zero-order chi connectivity index (χ0) is 14.4. The van der Waals surface area contributed by atoms with Crippen molar-refractivity contribution in [2.45, 2.75) is 39.8 Å². The monoisotopic (exact) mass is 264 g/mol. The Kier molecular flexibility index (Phi) is 5.83. The minimum Gasteiger partial charge on any atom is -0.496 e. The Morgan fingerprint density at radius 2 is 2.00 bits per heavy atom. The van der Waals surface area contributed by atoms with Gasteiger partial charge in [0.1, 0.15) is 5.75 Å². The molecular weight excluding hydrogens is 240 g/mol. The fraction of sp³-hybridized carbons (Fsp3) is 0.533. The lowest BCUT2D eigenvalue weighted by Crippen LogP contribution is -2.38. The summed E-state index contributed by atoms with van der Waals surface area (Å²) in [5.74, 6) is 0.859. The Morgan fingerprint density at radius 1 is 1.32 bits per heavy atom. The zero-order valence-electron chi connectivity index (χ0n) is 12.4. The Bertz CT molecular complexity index is 430. The van der Waals surface area contributed by atoms with Gasteiger partial charge in [0, 0.05) is 17.6 Å². The van der Waals surface area contributed by atoms with E-state index >= 15 is 0 Å². The SMILES string of the molecule is COc1cc(C)ccc1C(C)NCC(=O)NC(C)C. The summed E-state index contributed by atoms with van der Waals surface area (Å²) in [4.78, 5) is 11.6. The first-order valence-corrected chi connectivity index (χ1v) is 6.61. The number of methoxy groups -OCH3 is 1. The highest BCUT2D eigenvalue weighted by Crippen LogP contribution is 2.25. The topological polar surface area (TPSA) is 50.4 Å². The molecule has 1 aromatic rings. The summed E-state index contributed by atoms with van der Waals surface area (Å²) in [5.41, 5.74) is 2.22. The van der Waals surface area contributed by atoms with Crippen LogP contribution in [0.25, 0.3) is 0 Å². The van der Waals surface area contributed by atoms with E-state index < -0.39 is 0 Å². The summed E-state index contributed by atoms with van der Waals surface area (Å²) in [6.07, 6.45) is 0. The molecular formula is C15H24N2O2. The molecule has 0 saturated carbocycles. The first-order chi connectivity index (χ1) is 8.93. The molecule has 0 radical (unpaired) electrons. The molecule has 0 aliphatic carbocycles. The largest absolute Gasteiger partial charge is 0.496 e. The fourth-order valence-electron chi connectivity index (χ4n) is 1.90. The highest BCUT2D eigenvalue weighted by Gasteiger charge is 2.12. The summed E-state index contributed by atoms with van der Waals surface area (Å²) in [6.45, 7) is 8.25. The van der Waals surface area contributed by atoms with E-state index in [1.54, 1.807) is 7.11 Å². The maximum absolute atomic E-state index is 11.6. The lowest BCUT2D eigenvalue weighted by Gasteiger charge is -2.18. The molecule has 0 saturated heterocycles. The average molecular weight is 264 g/mol. The van der Waals surface area contributed by atoms with E-state index in [0.717, 1.165) is 16.9 Å². The van der Waals surface area contributed by atoms with E-state index in [-0.39, 0.29) is 18.0 Å². The predicted octanol–water partition coefficient (Wildman–Crippen LogP) is 2.18. The van der Waals surface area contributed by atoms with Gasteiger partial charge in [0.2, 0.25) is 5.91 Å². The third kappa shape index (κ3) is 4.91. The van der Waals surface area contributed by atoms with Gasteiger partial charge in [-0.2, -0.15) is 0 Å². The van der Waals surface area contributed by atoms with Crippen LogP contribution in [0.15, 0.2) is 18.2 Å². The Balaban J connectivity index is 2.63. The number of hydrogen-bond acceptors (Lipinski definition) is 3. The standard InChI is InChI=1S/C15H24N2O2/c1-10(2)17-15(18)9-16-12(4)13-7-6-11(3)8-14(13)19-5/h6-8,10,12,16H,9H2,1-5H3,(H,17,18). The Morgan fingerprint density at radius 3 is 2.58 bits per heavy atom. The van der Waals surface area contributed by atoms with Crippen LogP contribution in [-0.4, -0.2) is 25.6 Å². The van der Waals surface area contributed by atoms with Crippen molar-refractivity contribution in [2.24, 2.45) is 0 Å². The van der Waals surface area contributed by atoms with Gasteiger partial charge in [-0.1, -0.05) is 12.1 Å². The van der Waals surface area contributed by atoms with Crippen molar-refractivity contribution in [2.75, 3.05) is 13.7 Å². The van der Waals surface area contributed by atoms with Crippen LogP contribution < -0.4 is 15.4 Å². The maximum Gasteiger partial charge on any atom is 0.234 e. The van der Waals surface area contributed by atoms with E-state index in [1.807, 2.05) is 45.9 Å².